The van der Waals surface area contributed by atoms with E-state index in [0.29, 0.717) is 22.9 Å². The molecule has 0 saturated carbocycles. The van der Waals surface area contributed by atoms with Crippen molar-refractivity contribution in [2.45, 2.75) is 45.2 Å². The van der Waals surface area contributed by atoms with Crippen LogP contribution in [0.25, 0.3) is 0 Å². The Kier molecular flexibility index (Phi) is 4.00. The van der Waals surface area contributed by atoms with Crippen LogP contribution in [0, 0.1) is 32.6 Å². The van der Waals surface area contributed by atoms with Crippen LogP contribution >= 0.6 is 11.6 Å². The number of halogens is 1. The monoisotopic (exact) mass is 449 g/mol. The number of carbonyl (C=O) groups excluding carboxylic acids is 3. The molecule has 4 atom stereocenters. The molecule has 0 radical (unpaired) electrons. The van der Waals surface area contributed by atoms with Crippen molar-refractivity contribution >= 4 is 40.7 Å². The molecule has 164 valence electrons. The molecule has 32 heavy (non-hydrogen) atoms. The fourth-order valence-electron chi connectivity index (χ4n) is 6.69. The maximum Gasteiger partial charge on any atom is 0.250 e. The Bertz CT molecular complexity index is 1240. The highest BCUT2D eigenvalue weighted by Gasteiger charge is 2.74. The van der Waals surface area contributed by atoms with E-state index in [1.165, 1.54) is 4.90 Å². The lowest BCUT2D eigenvalue weighted by molar-refractivity contribution is -0.135. The minimum atomic E-state index is -1.20. The van der Waals surface area contributed by atoms with Crippen molar-refractivity contribution in [1.82, 2.24) is 4.90 Å². The largest absolute Gasteiger partial charge is 0.323 e. The number of benzene rings is 2. The molecule has 0 unspecified atom stereocenters. The Labute approximate surface area is 191 Å². The fraction of sp³-hybridized carbons (Fsp3) is 0.400. The summed E-state index contributed by atoms with van der Waals surface area (Å²) in [7, 11) is 0. The van der Waals surface area contributed by atoms with Gasteiger partial charge in [-0.15, -0.1) is 0 Å². The summed E-state index contributed by atoms with van der Waals surface area (Å²) < 4.78 is 0. The van der Waals surface area contributed by atoms with Gasteiger partial charge in [0.05, 0.1) is 28.2 Å². The van der Waals surface area contributed by atoms with Gasteiger partial charge in [0.2, 0.25) is 11.8 Å². The van der Waals surface area contributed by atoms with Gasteiger partial charge in [0, 0.05) is 11.6 Å². The van der Waals surface area contributed by atoms with Crippen LogP contribution in [-0.2, 0) is 19.9 Å². The molecular formula is C25H24ClN3O3. The molecule has 0 aliphatic carbocycles. The SMILES string of the molecule is Cc1ccc(N2C(=O)[C@H]3[C@@H](C2=O)[C@]2(C(=O)Nc4c(Cl)cc(C)cc42)N2CCC[C@@H]32)c(C)c1. The molecule has 0 bridgehead atoms. The Morgan fingerprint density at radius 2 is 1.81 bits per heavy atom. The van der Waals surface area contributed by atoms with E-state index in [0.717, 1.165) is 35.1 Å². The highest BCUT2D eigenvalue weighted by atomic mass is 35.5. The quantitative estimate of drug-likeness (QED) is 0.674. The Balaban J connectivity index is 1.58. The topological polar surface area (TPSA) is 69.7 Å². The van der Waals surface area contributed by atoms with Crippen LogP contribution in [0.15, 0.2) is 30.3 Å². The molecule has 3 saturated heterocycles. The summed E-state index contributed by atoms with van der Waals surface area (Å²) in [5.74, 6) is -2.03. The van der Waals surface area contributed by atoms with Gasteiger partial charge < -0.3 is 5.32 Å². The fourth-order valence-corrected chi connectivity index (χ4v) is 7.01. The highest BCUT2D eigenvalue weighted by Crippen LogP contribution is 2.61. The van der Waals surface area contributed by atoms with Crippen molar-refractivity contribution in [1.29, 1.82) is 0 Å². The van der Waals surface area contributed by atoms with Crippen LogP contribution in [-0.4, -0.2) is 35.2 Å². The number of anilines is 2. The number of hydrogen-bond acceptors (Lipinski definition) is 4. The lowest BCUT2D eigenvalue weighted by Gasteiger charge is -2.37. The number of amides is 3. The van der Waals surface area contributed by atoms with Crippen molar-refractivity contribution in [3.8, 4) is 0 Å². The molecule has 6 rings (SSSR count). The molecular weight excluding hydrogens is 426 g/mol. The number of nitrogens with zero attached hydrogens (tertiary/aromatic N) is 2. The summed E-state index contributed by atoms with van der Waals surface area (Å²) in [5.41, 5.74) is 3.58. The zero-order valence-electron chi connectivity index (χ0n) is 18.2. The summed E-state index contributed by atoms with van der Waals surface area (Å²) in [6, 6.07) is 9.36. The molecule has 1 N–H and O–H groups in total. The molecule has 0 aromatic heterocycles. The predicted molar refractivity (Wildman–Crippen MR) is 122 cm³/mol. The van der Waals surface area contributed by atoms with Crippen LogP contribution < -0.4 is 10.2 Å². The Hall–Kier alpha value is -2.70. The van der Waals surface area contributed by atoms with E-state index < -0.39 is 17.4 Å². The normalized spacial score (nSPS) is 30.8. The van der Waals surface area contributed by atoms with E-state index >= 15 is 0 Å². The van der Waals surface area contributed by atoms with Gasteiger partial charge in [-0.1, -0.05) is 35.4 Å². The summed E-state index contributed by atoms with van der Waals surface area (Å²) in [6.07, 6.45) is 1.69. The standard InChI is InChI=1S/C25H24ClN3O3/c1-12-6-7-17(14(3)9-12)29-22(30)19-18-5-4-8-28(18)25(20(19)23(29)31)15-10-13(2)11-16(26)21(15)27-24(25)32/h6-7,9-11,18-20H,4-5,8H2,1-3H3,(H,27,32)/t18-,19+,20-,25+/m0/s1. The second-order valence-electron chi connectivity index (χ2n) is 9.60. The third-order valence-corrected chi connectivity index (χ3v) is 8.09. The van der Waals surface area contributed by atoms with Gasteiger partial charge in [-0.3, -0.25) is 19.3 Å². The zero-order chi connectivity index (χ0) is 22.5. The third-order valence-electron chi connectivity index (χ3n) is 7.79. The number of rotatable bonds is 1. The lowest BCUT2D eigenvalue weighted by Crippen LogP contribution is -2.54. The first-order valence-corrected chi connectivity index (χ1v) is 11.5. The molecule has 3 amide bonds. The number of carbonyl (C=O) groups is 3. The second-order valence-corrected chi connectivity index (χ2v) is 10.0. The van der Waals surface area contributed by atoms with Crippen LogP contribution in [0.3, 0.4) is 0 Å². The first-order chi connectivity index (χ1) is 15.3. The first-order valence-electron chi connectivity index (χ1n) is 11.1. The summed E-state index contributed by atoms with van der Waals surface area (Å²) >= 11 is 6.52. The van der Waals surface area contributed by atoms with E-state index in [-0.39, 0.29) is 23.8 Å². The molecule has 6 nitrogen and oxygen atoms in total. The van der Waals surface area contributed by atoms with E-state index in [2.05, 4.69) is 10.2 Å². The maximum atomic E-state index is 14.0. The van der Waals surface area contributed by atoms with Gasteiger partial charge in [0.15, 0.2) is 0 Å². The van der Waals surface area contributed by atoms with Gasteiger partial charge in [0.25, 0.3) is 5.91 Å². The highest BCUT2D eigenvalue weighted by molar-refractivity contribution is 6.35. The van der Waals surface area contributed by atoms with Gasteiger partial charge in [0.1, 0.15) is 5.54 Å². The van der Waals surface area contributed by atoms with Gasteiger partial charge in [-0.2, -0.15) is 0 Å². The minimum absolute atomic E-state index is 0.136. The average Bonchev–Trinajstić information content (AvgIpc) is 3.42. The minimum Gasteiger partial charge on any atom is -0.323 e. The molecule has 2 aromatic carbocycles. The molecule has 4 aliphatic rings. The van der Waals surface area contributed by atoms with Gasteiger partial charge >= 0.3 is 0 Å². The molecule has 3 fully saturated rings. The summed E-state index contributed by atoms with van der Waals surface area (Å²) in [4.78, 5) is 45.0. The van der Waals surface area contributed by atoms with E-state index in [9.17, 15) is 14.4 Å². The van der Waals surface area contributed by atoms with E-state index in [4.69, 9.17) is 11.6 Å². The maximum absolute atomic E-state index is 14.0. The number of fused-ring (bicyclic) bond motifs is 7. The van der Waals surface area contributed by atoms with Crippen molar-refractivity contribution < 1.29 is 14.4 Å². The van der Waals surface area contributed by atoms with Crippen molar-refractivity contribution in [2.75, 3.05) is 16.8 Å². The molecule has 1 spiro atoms. The van der Waals surface area contributed by atoms with Crippen molar-refractivity contribution in [3.63, 3.8) is 0 Å². The van der Waals surface area contributed by atoms with Gasteiger partial charge in [-0.25, -0.2) is 4.90 Å². The van der Waals surface area contributed by atoms with Crippen molar-refractivity contribution in [2.24, 2.45) is 11.8 Å². The molecule has 4 heterocycles. The summed E-state index contributed by atoms with van der Waals surface area (Å²) in [5, 5.41) is 3.43. The van der Waals surface area contributed by atoms with Crippen LogP contribution in [0.2, 0.25) is 5.02 Å². The third kappa shape index (κ3) is 2.22. The predicted octanol–water partition coefficient (Wildman–Crippen LogP) is 3.70. The summed E-state index contributed by atoms with van der Waals surface area (Å²) in [6.45, 7) is 6.51. The number of imide groups is 1. The molecule has 4 aliphatic heterocycles. The first kappa shape index (κ1) is 19.9. The van der Waals surface area contributed by atoms with E-state index in [1.807, 2.05) is 51.1 Å². The number of aryl methyl sites for hydroxylation is 3. The van der Waals surface area contributed by atoms with Gasteiger partial charge in [-0.05, 0) is 63.4 Å². The van der Waals surface area contributed by atoms with Crippen LogP contribution in [0.5, 0.6) is 0 Å². The van der Waals surface area contributed by atoms with Crippen LogP contribution in [0.4, 0.5) is 11.4 Å². The van der Waals surface area contributed by atoms with E-state index in [1.54, 1.807) is 0 Å². The second kappa shape index (κ2) is 6.42. The van der Waals surface area contributed by atoms with Crippen LogP contribution in [0.1, 0.15) is 35.1 Å². The Morgan fingerprint density at radius 3 is 2.56 bits per heavy atom. The number of nitrogens with one attached hydrogen (secondary N) is 1. The zero-order valence-corrected chi connectivity index (χ0v) is 19.0. The molecule has 2 aromatic rings. The smallest absolute Gasteiger partial charge is 0.250 e. The number of hydrogen-bond donors (Lipinski definition) is 1. The Morgan fingerprint density at radius 1 is 1.03 bits per heavy atom. The van der Waals surface area contributed by atoms with Crippen molar-refractivity contribution in [3.05, 3.63) is 57.6 Å². The lowest BCUT2D eigenvalue weighted by atomic mass is 9.75. The molecule has 7 heteroatoms. The average molecular weight is 450 g/mol.